The molecule has 3 rings (SSSR count). The van der Waals surface area contributed by atoms with Crippen LogP contribution in [0.15, 0.2) is 24.0 Å². The molecule has 20 heavy (non-hydrogen) atoms. The van der Waals surface area contributed by atoms with Gasteiger partial charge in [0.25, 0.3) is 0 Å². The second kappa shape index (κ2) is 4.64. The van der Waals surface area contributed by atoms with Crippen molar-refractivity contribution in [3.05, 3.63) is 30.1 Å². The Hall–Kier alpha value is -2.35. The minimum atomic E-state index is -0.441. The molecule has 1 aromatic rings. The second-order valence-corrected chi connectivity index (χ2v) is 4.68. The van der Waals surface area contributed by atoms with Crippen molar-refractivity contribution >= 4 is 12.2 Å². The third kappa shape index (κ3) is 1.61. The van der Waals surface area contributed by atoms with Crippen LogP contribution in [-0.2, 0) is 11.9 Å². The normalized spacial score (nSPS) is 24.6. The number of carbonyl (C=O) groups is 1. The first-order valence-electron chi connectivity index (χ1n) is 6.22. The fourth-order valence-electron chi connectivity index (χ4n) is 2.78. The van der Waals surface area contributed by atoms with Crippen LogP contribution in [0.25, 0.3) is 0 Å². The third-order valence-corrected chi connectivity index (χ3v) is 3.62. The lowest BCUT2D eigenvalue weighted by atomic mass is 9.99. The van der Waals surface area contributed by atoms with E-state index in [1.807, 2.05) is 0 Å². The van der Waals surface area contributed by atoms with Gasteiger partial charge >= 0.3 is 6.03 Å². The van der Waals surface area contributed by atoms with Crippen LogP contribution in [0, 0.1) is 0 Å². The Morgan fingerprint density at radius 2 is 2.50 bits per heavy atom. The monoisotopic (exact) mass is 277 g/mol. The molecular weight excluding hydrogens is 262 g/mol. The Balaban J connectivity index is 2.04. The summed E-state index contributed by atoms with van der Waals surface area (Å²) in [6.45, 7) is 4.31. The zero-order valence-corrected chi connectivity index (χ0v) is 11.0. The third-order valence-electron chi connectivity index (χ3n) is 3.62. The summed E-state index contributed by atoms with van der Waals surface area (Å²) in [5.74, 6) is 0. The number of nitrogens with zero attached hydrogens (tertiary/aromatic N) is 5. The minimum absolute atomic E-state index is 0.200. The lowest BCUT2D eigenvalue weighted by molar-refractivity contribution is -0.118. The summed E-state index contributed by atoms with van der Waals surface area (Å²) in [6, 6.07) is -0.893. The number of hydrogen-bond donors (Lipinski definition) is 1. The Kier molecular flexibility index (Phi) is 2.94. The molecule has 1 N–H and O–H groups in total. The summed E-state index contributed by atoms with van der Waals surface area (Å²) >= 11 is 0. The molecule has 0 aliphatic carbocycles. The maximum atomic E-state index is 12.4. The molecule has 106 valence electrons. The zero-order valence-electron chi connectivity index (χ0n) is 11.0. The van der Waals surface area contributed by atoms with Crippen LogP contribution in [-0.4, -0.2) is 50.3 Å². The summed E-state index contributed by atoms with van der Waals surface area (Å²) in [4.78, 5) is 19.4. The van der Waals surface area contributed by atoms with Gasteiger partial charge in [0.05, 0.1) is 31.3 Å². The first kappa shape index (κ1) is 12.7. The average molecular weight is 277 g/mol. The molecule has 2 bridgehead atoms. The highest BCUT2D eigenvalue weighted by atomic mass is 16.7. The highest BCUT2D eigenvalue weighted by Gasteiger charge is 2.49. The number of carbonyl (C=O) groups excluding carboxylic acids is 1. The molecule has 0 radical (unpaired) electrons. The minimum Gasteiger partial charge on any atom is -0.411 e. The summed E-state index contributed by atoms with van der Waals surface area (Å²) in [6.07, 6.45) is 4.63. The van der Waals surface area contributed by atoms with Crippen molar-refractivity contribution < 1.29 is 14.8 Å². The average Bonchev–Trinajstić information content (AvgIpc) is 2.94. The van der Waals surface area contributed by atoms with Gasteiger partial charge < -0.3 is 10.1 Å². The molecule has 2 aliphatic rings. The van der Waals surface area contributed by atoms with Crippen molar-refractivity contribution in [1.82, 2.24) is 19.7 Å². The van der Waals surface area contributed by atoms with Gasteiger partial charge in [-0.3, -0.25) is 9.52 Å². The van der Waals surface area contributed by atoms with Gasteiger partial charge in [0, 0.05) is 12.6 Å². The maximum absolute atomic E-state index is 12.4. The number of fused-ring (bicyclic) bond motifs is 4. The van der Waals surface area contributed by atoms with E-state index in [1.165, 1.54) is 11.3 Å². The molecule has 1 saturated heterocycles. The molecule has 2 amide bonds. The van der Waals surface area contributed by atoms with Gasteiger partial charge in [0.15, 0.2) is 0 Å². The van der Waals surface area contributed by atoms with Gasteiger partial charge in [-0.15, -0.1) is 6.58 Å². The lowest BCUT2D eigenvalue weighted by Gasteiger charge is -2.28. The lowest BCUT2D eigenvalue weighted by Crippen LogP contribution is -2.36. The molecule has 0 unspecified atom stereocenters. The predicted octanol–water partition coefficient (Wildman–Crippen LogP) is 0.831. The smallest absolute Gasteiger partial charge is 0.345 e. The predicted molar refractivity (Wildman–Crippen MR) is 69.1 cm³/mol. The number of urea groups is 1. The van der Waals surface area contributed by atoms with Gasteiger partial charge in [0.2, 0.25) is 0 Å². The van der Waals surface area contributed by atoms with Crippen LogP contribution in [0.4, 0.5) is 4.79 Å². The van der Waals surface area contributed by atoms with Gasteiger partial charge in [-0.1, -0.05) is 11.2 Å². The van der Waals surface area contributed by atoms with E-state index < -0.39 is 6.04 Å². The summed E-state index contributed by atoms with van der Waals surface area (Å²) in [5, 5.41) is 17.5. The van der Waals surface area contributed by atoms with Crippen LogP contribution in [0.3, 0.4) is 0 Å². The molecule has 2 atom stereocenters. The first-order valence-corrected chi connectivity index (χ1v) is 6.22. The number of aromatic nitrogens is 2. The molecule has 8 nitrogen and oxygen atoms in total. The van der Waals surface area contributed by atoms with E-state index >= 15 is 0 Å². The topological polar surface area (TPSA) is 83.2 Å². The summed E-state index contributed by atoms with van der Waals surface area (Å²) in [7, 11) is 1.79. The molecule has 1 fully saturated rings. The molecule has 1 aromatic heterocycles. The molecule has 0 spiro atoms. The van der Waals surface area contributed by atoms with Crippen molar-refractivity contribution in [2.24, 2.45) is 12.2 Å². The molecule has 2 aliphatic heterocycles. The van der Waals surface area contributed by atoms with Crippen LogP contribution in [0.2, 0.25) is 0 Å². The largest absolute Gasteiger partial charge is 0.411 e. The number of oxime groups is 1. The van der Waals surface area contributed by atoms with Gasteiger partial charge in [-0.2, -0.15) is 10.2 Å². The molecule has 8 heteroatoms. The summed E-state index contributed by atoms with van der Waals surface area (Å²) < 4.78 is 1.69. The van der Waals surface area contributed by atoms with Crippen molar-refractivity contribution in [2.45, 2.75) is 12.1 Å². The van der Waals surface area contributed by atoms with E-state index in [9.17, 15) is 4.79 Å². The van der Waals surface area contributed by atoms with E-state index in [0.29, 0.717) is 6.54 Å². The van der Waals surface area contributed by atoms with Crippen molar-refractivity contribution in [3.63, 3.8) is 0 Å². The fraction of sp³-hybridized carbons (Fsp3) is 0.417. The molecule has 0 aromatic carbocycles. The van der Waals surface area contributed by atoms with E-state index in [2.05, 4.69) is 16.8 Å². The van der Waals surface area contributed by atoms with Crippen molar-refractivity contribution in [3.8, 4) is 0 Å². The van der Waals surface area contributed by atoms with Crippen LogP contribution >= 0.6 is 0 Å². The van der Waals surface area contributed by atoms with Crippen LogP contribution < -0.4 is 0 Å². The number of amides is 2. The first-order chi connectivity index (χ1) is 9.69. The van der Waals surface area contributed by atoms with E-state index in [-0.39, 0.29) is 18.7 Å². The van der Waals surface area contributed by atoms with Crippen LogP contribution in [0.1, 0.15) is 23.3 Å². The number of aryl methyl sites for hydroxylation is 1. The van der Waals surface area contributed by atoms with Crippen molar-refractivity contribution in [1.29, 1.82) is 0 Å². The Morgan fingerprint density at radius 1 is 1.70 bits per heavy atom. The Labute approximate surface area is 115 Å². The van der Waals surface area contributed by atoms with Gasteiger partial charge in [-0.25, -0.2) is 4.79 Å². The fourth-order valence-corrected chi connectivity index (χ4v) is 2.78. The van der Waals surface area contributed by atoms with Crippen molar-refractivity contribution in [2.75, 3.05) is 13.2 Å². The quantitative estimate of drug-likeness (QED) is 0.382. The maximum Gasteiger partial charge on any atom is 0.345 e. The zero-order chi connectivity index (χ0) is 14.3. The SMILES string of the molecule is C=CCON1C(=O)N2C[C@H]1c1cnn(C)c1[C@H]2/C=N/O. The Bertz CT molecular complexity index is 582. The Morgan fingerprint density at radius 3 is 3.20 bits per heavy atom. The molecule has 0 saturated carbocycles. The van der Waals surface area contributed by atoms with Gasteiger partial charge in [0.1, 0.15) is 12.1 Å². The second-order valence-electron chi connectivity index (χ2n) is 4.68. The van der Waals surface area contributed by atoms with E-state index in [0.717, 1.165) is 11.3 Å². The number of hydroxylamine groups is 2. The standard InChI is InChI=1S/C12H15N5O3/c1-3-4-20-17-10-7-16(12(17)18)9(6-14-19)11-8(10)5-13-15(11)2/h3,5-6,9-10,19H,1,4,7H2,2H3/b14-6+/t9-,10+/m1/s1. The molecular formula is C12H15N5O3. The number of rotatable bonds is 4. The van der Waals surface area contributed by atoms with Crippen LogP contribution in [0.5, 0.6) is 0 Å². The van der Waals surface area contributed by atoms with E-state index in [4.69, 9.17) is 10.0 Å². The van der Waals surface area contributed by atoms with Gasteiger partial charge in [-0.05, 0) is 0 Å². The molecule has 3 heterocycles. The highest BCUT2D eigenvalue weighted by Crippen LogP contribution is 2.42. The number of hydrogen-bond acceptors (Lipinski definition) is 5. The van der Waals surface area contributed by atoms with E-state index in [1.54, 1.807) is 28.9 Å². The highest BCUT2D eigenvalue weighted by molar-refractivity contribution is 5.83. The summed E-state index contributed by atoms with van der Waals surface area (Å²) in [5.41, 5.74) is 1.74.